The van der Waals surface area contributed by atoms with Gasteiger partial charge in [0.1, 0.15) is 5.75 Å². The standard InChI is InChI=1S/C35H40N6O8Si/c1-22-32(50(3,4)47)31(15-17-39-21-26(16-18-42)37-38-39)49-35(22)29-19-27(41(45)46)11-14-30(29)40(34(35)44)20-23-5-9-25(10-6-23)36-33(43)24-7-12-28(48-2)13-8-24/h5-14,19,21-22,31-32,42,47H,15-18,20H2,1-4H3,(H,36,43)/t22-,31+,32-,35+/m0/s1. The Morgan fingerprint density at radius 1 is 1.14 bits per heavy atom. The van der Waals surface area contributed by atoms with Crippen LogP contribution < -0.4 is 15.0 Å². The molecule has 3 aromatic carbocycles. The van der Waals surface area contributed by atoms with Crippen molar-refractivity contribution in [3.63, 3.8) is 0 Å². The van der Waals surface area contributed by atoms with Crippen molar-refractivity contribution in [2.75, 3.05) is 23.9 Å². The van der Waals surface area contributed by atoms with E-state index in [9.17, 15) is 29.6 Å². The third-order valence-electron chi connectivity index (χ3n) is 9.68. The van der Waals surface area contributed by atoms with Crippen LogP contribution in [-0.2, 0) is 34.6 Å². The number of nitro groups is 1. The van der Waals surface area contributed by atoms with E-state index in [0.29, 0.717) is 53.3 Å². The molecule has 6 rings (SSSR count). The highest BCUT2D eigenvalue weighted by Gasteiger charge is 2.66. The van der Waals surface area contributed by atoms with Gasteiger partial charge in [-0.1, -0.05) is 24.3 Å². The number of anilines is 2. The number of aromatic nitrogens is 3. The van der Waals surface area contributed by atoms with Crippen molar-refractivity contribution in [2.24, 2.45) is 5.92 Å². The number of non-ortho nitro benzene ring substituents is 1. The van der Waals surface area contributed by atoms with Gasteiger partial charge in [0.2, 0.25) is 0 Å². The van der Waals surface area contributed by atoms with E-state index in [1.54, 1.807) is 65.4 Å². The lowest BCUT2D eigenvalue weighted by molar-refractivity contribution is -0.385. The largest absolute Gasteiger partial charge is 0.497 e. The topological polar surface area (TPSA) is 182 Å². The summed E-state index contributed by atoms with van der Waals surface area (Å²) in [5, 5.41) is 32.3. The number of nitrogens with zero attached hydrogens (tertiary/aromatic N) is 5. The van der Waals surface area contributed by atoms with E-state index < -0.39 is 30.9 Å². The zero-order valence-electron chi connectivity index (χ0n) is 28.3. The Morgan fingerprint density at radius 2 is 1.86 bits per heavy atom. The van der Waals surface area contributed by atoms with Crippen LogP contribution in [0.5, 0.6) is 5.75 Å². The molecule has 14 nitrogen and oxygen atoms in total. The van der Waals surface area contributed by atoms with Gasteiger partial charge in [-0.25, -0.2) is 0 Å². The number of benzene rings is 3. The number of rotatable bonds is 12. The maximum absolute atomic E-state index is 14.7. The molecule has 0 saturated carbocycles. The van der Waals surface area contributed by atoms with Gasteiger partial charge in [-0.05, 0) is 67.5 Å². The lowest BCUT2D eigenvalue weighted by Crippen LogP contribution is -2.46. The predicted molar refractivity (Wildman–Crippen MR) is 186 cm³/mol. The summed E-state index contributed by atoms with van der Waals surface area (Å²) in [5.74, 6) is -0.497. The van der Waals surface area contributed by atoms with Gasteiger partial charge in [-0.2, -0.15) is 0 Å². The maximum atomic E-state index is 14.7. The number of aliphatic hydroxyl groups is 1. The van der Waals surface area contributed by atoms with Crippen LogP contribution in [-0.4, -0.2) is 69.8 Å². The molecule has 262 valence electrons. The highest BCUT2D eigenvalue weighted by Crippen LogP contribution is 2.60. The lowest BCUT2D eigenvalue weighted by Gasteiger charge is -2.32. The Hall–Kier alpha value is -4.96. The second kappa shape index (κ2) is 13.7. The summed E-state index contributed by atoms with van der Waals surface area (Å²) < 4.78 is 13.6. The zero-order chi connectivity index (χ0) is 35.8. The quantitative estimate of drug-likeness (QED) is 0.109. The average Bonchev–Trinajstić information content (AvgIpc) is 3.74. The van der Waals surface area contributed by atoms with E-state index in [0.717, 1.165) is 5.56 Å². The summed E-state index contributed by atoms with van der Waals surface area (Å²) >= 11 is 0. The highest BCUT2D eigenvalue weighted by molar-refractivity contribution is 6.71. The Labute approximate surface area is 289 Å². The first kappa shape index (κ1) is 34.9. The summed E-state index contributed by atoms with van der Waals surface area (Å²) in [6.45, 7) is 6.02. The van der Waals surface area contributed by atoms with Crippen molar-refractivity contribution >= 4 is 37.2 Å². The molecule has 3 N–H and O–H groups in total. The number of nitro benzene ring substituents is 1. The minimum Gasteiger partial charge on any atom is -0.497 e. The second-order valence-electron chi connectivity index (χ2n) is 13.3. The number of carbonyl (C=O) groups excluding carboxylic acids is 2. The fraction of sp³-hybridized carbons (Fsp3) is 0.371. The van der Waals surface area contributed by atoms with Gasteiger partial charge in [0.15, 0.2) is 13.9 Å². The van der Waals surface area contributed by atoms with E-state index >= 15 is 0 Å². The van der Waals surface area contributed by atoms with Crippen LogP contribution in [0.3, 0.4) is 0 Å². The van der Waals surface area contributed by atoms with Crippen molar-refractivity contribution in [1.82, 2.24) is 15.0 Å². The molecule has 50 heavy (non-hydrogen) atoms. The third kappa shape index (κ3) is 6.52. The van der Waals surface area contributed by atoms with E-state index in [1.165, 1.54) is 12.1 Å². The Morgan fingerprint density at radius 3 is 2.50 bits per heavy atom. The zero-order valence-corrected chi connectivity index (χ0v) is 29.3. The van der Waals surface area contributed by atoms with Crippen LogP contribution in [0.1, 0.15) is 40.5 Å². The number of aliphatic hydroxyl groups excluding tert-OH is 1. The van der Waals surface area contributed by atoms with Crippen molar-refractivity contribution in [2.45, 2.75) is 63.2 Å². The molecule has 15 heteroatoms. The lowest BCUT2D eigenvalue weighted by atomic mass is 9.82. The van der Waals surface area contributed by atoms with Crippen LogP contribution in [0.4, 0.5) is 17.1 Å². The van der Waals surface area contributed by atoms with Gasteiger partial charge in [-0.3, -0.25) is 24.4 Å². The summed E-state index contributed by atoms with van der Waals surface area (Å²) in [7, 11) is -1.41. The molecule has 0 radical (unpaired) electrons. The third-order valence-corrected chi connectivity index (χ3v) is 12.2. The van der Waals surface area contributed by atoms with Crippen molar-refractivity contribution in [3.05, 3.63) is 105 Å². The number of nitrogens with one attached hydrogen (secondary N) is 1. The first-order valence-electron chi connectivity index (χ1n) is 16.4. The summed E-state index contributed by atoms with van der Waals surface area (Å²) in [6, 6.07) is 18.3. The van der Waals surface area contributed by atoms with Crippen molar-refractivity contribution in [3.8, 4) is 5.75 Å². The molecule has 3 heterocycles. The van der Waals surface area contributed by atoms with Gasteiger partial charge >= 0.3 is 0 Å². The molecule has 2 aliphatic rings. The van der Waals surface area contributed by atoms with Gasteiger partial charge in [0, 0.05) is 66.2 Å². The predicted octanol–water partition coefficient (Wildman–Crippen LogP) is 4.42. The molecular formula is C35H40N6O8Si. The number of amides is 2. The molecule has 1 saturated heterocycles. The van der Waals surface area contributed by atoms with Crippen LogP contribution in [0.2, 0.25) is 18.6 Å². The molecule has 1 fully saturated rings. The van der Waals surface area contributed by atoms with Gasteiger partial charge < -0.3 is 29.6 Å². The fourth-order valence-corrected chi connectivity index (χ4v) is 9.97. The molecule has 4 atom stereocenters. The number of aryl methyl sites for hydroxylation is 1. The van der Waals surface area contributed by atoms with Crippen LogP contribution in [0.15, 0.2) is 72.9 Å². The molecule has 2 amide bonds. The Kier molecular flexibility index (Phi) is 9.59. The second-order valence-corrected chi connectivity index (χ2v) is 17.3. The molecule has 0 aliphatic carbocycles. The monoisotopic (exact) mass is 700 g/mol. The Balaban J connectivity index is 1.27. The molecule has 0 bridgehead atoms. The van der Waals surface area contributed by atoms with E-state index in [2.05, 4.69) is 15.6 Å². The normalized spacial score (nSPS) is 21.4. The number of methoxy groups -OCH3 is 1. The van der Waals surface area contributed by atoms with E-state index in [4.69, 9.17) is 9.47 Å². The average molecular weight is 701 g/mol. The van der Waals surface area contributed by atoms with Gasteiger partial charge in [-0.15, -0.1) is 5.10 Å². The number of ether oxygens (including phenoxy) is 2. The SMILES string of the molecule is COc1ccc(C(=O)Nc2ccc(CN3C(=O)[C@]4(O[C@H](CCn5cc(CCO)nn5)[C@@H]([Si](C)(C)O)[C@@H]4C)c4cc([N+](=O)[O-])ccc43)cc2)cc1. The molecular weight excluding hydrogens is 661 g/mol. The number of hydrogen-bond acceptors (Lipinski definition) is 10. The maximum Gasteiger partial charge on any atom is 0.269 e. The summed E-state index contributed by atoms with van der Waals surface area (Å²) in [6.07, 6.45) is 1.99. The molecule has 0 unspecified atom stereocenters. The minimum absolute atomic E-state index is 0.0493. The highest BCUT2D eigenvalue weighted by atomic mass is 28.4. The fourth-order valence-electron chi connectivity index (χ4n) is 7.36. The van der Waals surface area contributed by atoms with Gasteiger partial charge in [0.05, 0.1) is 36.1 Å². The van der Waals surface area contributed by atoms with Crippen LogP contribution >= 0.6 is 0 Å². The molecule has 1 spiro atoms. The first-order valence-corrected chi connectivity index (χ1v) is 19.4. The number of hydrogen-bond donors (Lipinski definition) is 3. The van der Waals surface area contributed by atoms with Crippen LogP contribution in [0.25, 0.3) is 0 Å². The summed E-state index contributed by atoms with van der Waals surface area (Å²) in [4.78, 5) is 52.1. The minimum atomic E-state index is -2.97. The molecule has 4 aromatic rings. The first-order chi connectivity index (χ1) is 23.8. The Bertz CT molecular complexity index is 1890. The smallest absolute Gasteiger partial charge is 0.269 e. The molecule has 2 aliphatic heterocycles. The van der Waals surface area contributed by atoms with Crippen LogP contribution in [0, 0.1) is 16.0 Å². The van der Waals surface area contributed by atoms with Crippen molar-refractivity contribution in [1.29, 1.82) is 0 Å². The summed E-state index contributed by atoms with van der Waals surface area (Å²) in [5.41, 5.74) is 1.27. The van der Waals surface area contributed by atoms with E-state index in [-0.39, 0.29) is 36.2 Å². The number of carbonyl (C=O) groups is 2. The molecule has 1 aromatic heterocycles. The van der Waals surface area contributed by atoms with E-state index in [1.807, 2.05) is 32.2 Å². The van der Waals surface area contributed by atoms with Crippen molar-refractivity contribution < 1.29 is 33.9 Å². The number of fused-ring (bicyclic) bond motifs is 2. The van der Waals surface area contributed by atoms with Gasteiger partial charge in [0.25, 0.3) is 17.5 Å².